The zero-order valence-corrected chi connectivity index (χ0v) is 20.7. The Morgan fingerprint density at radius 2 is 2.00 bits per heavy atom. The standard InChI is InChI=1S/C23H36N4O2.HI/c1-3-24-22(25-13-7-15-27-14-6-10-21(27)28)26-18-23(11-16-29-17-12-23)20-9-5-4-8-19(20)2;/h4-5,8-9H,3,6-7,10-18H2,1-2H3,(H2,24,25,26);1H. The van der Waals surface area contributed by atoms with Gasteiger partial charge in [0.2, 0.25) is 5.91 Å². The van der Waals surface area contributed by atoms with E-state index in [-0.39, 0.29) is 29.4 Å². The number of nitrogens with zero attached hydrogens (tertiary/aromatic N) is 2. The van der Waals surface area contributed by atoms with Crippen molar-refractivity contribution in [3.05, 3.63) is 35.4 Å². The van der Waals surface area contributed by atoms with Gasteiger partial charge < -0.3 is 20.3 Å². The molecule has 0 aromatic heterocycles. The fourth-order valence-corrected chi connectivity index (χ4v) is 4.43. The number of amides is 1. The smallest absolute Gasteiger partial charge is 0.222 e. The summed E-state index contributed by atoms with van der Waals surface area (Å²) in [6.45, 7) is 10.00. The van der Waals surface area contributed by atoms with Gasteiger partial charge in [0.25, 0.3) is 0 Å². The SMILES string of the molecule is CCNC(=NCC1(c2ccccc2C)CCOCC1)NCCCN1CCCC1=O.I. The lowest BCUT2D eigenvalue weighted by Crippen LogP contribution is -2.42. The molecule has 0 saturated carbocycles. The third-order valence-corrected chi connectivity index (χ3v) is 6.12. The lowest BCUT2D eigenvalue weighted by molar-refractivity contribution is -0.127. The predicted molar refractivity (Wildman–Crippen MR) is 133 cm³/mol. The largest absolute Gasteiger partial charge is 0.381 e. The number of benzene rings is 1. The number of halogens is 1. The van der Waals surface area contributed by atoms with Gasteiger partial charge in [-0.2, -0.15) is 0 Å². The van der Waals surface area contributed by atoms with Gasteiger partial charge in [-0.15, -0.1) is 24.0 Å². The molecule has 0 unspecified atom stereocenters. The van der Waals surface area contributed by atoms with E-state index in [1.807, 2.05) is 4.90 Å². The molecule has 1 aromatic carbocycles. The Morgan fingerprint density at radius 3 is 2.67 bits per heavy atom. The molecule has 1 aromatic rings. The molecule has 2 heterocycles. The van der Waals surface area contributed by atoms with Crippen molar-refractivity contribution in [3.8, 4) is 0 Å². The minimum Gasteiger partial charge on any atom is -0.381 e. The minimum absolute atomic E-state index is 0. The van der Waals surface area contributed by atoms with Crippen molar-refractivity contribution in [1.82, 2.24) is 15.5 Å². The van der Waals surface area contributed by atoms with Gasteiger partial charge in [-0.25, -0.2) is 0 Å². The van der Waals surface area contributed by atoms with Crippen LogP contribution in [0.15, 0.2) is 29.3 Å². The normalized spacial score (nSPS) is 18.8. The second-order valence-electron chi connectivity index (χ2n) is 8.17. The van der Waals surface area contributed by atoms with Gasteiger partial charge in [-0.3, -0.25) is 9.79 Å². The molecule has 2 saturated heterocycles. The van der Waals surface area contributed by atoms with E-state index in [1.165, 1.54) is 11.1 Å². The van der Waals surface area contributed by atoms with Crippen LogP contribution in [-0.4, -0.2) is 62.7 Å². The van der Waals surface area contributed by atoms with E-state index in [2.05, 4.69) is 48.7 Å². The van der Waals surface area contributed by atoms with Crippen LogP contribution < -0.4 is 10.6 Å². The average Bonchev–Trinajstić information content (AvgIpc) is 3.15. The molecule has 168 valence electrons. The first kappa shape index (κ1) is 24.9. The molecule has 2 aliphatic rings. The lowest BCUT2D eigenvalue weighted by atomic mass is 9.72. The number of carbonyl (C=O) groups excluding carboxylic acids is 1. The first-order valence-corrected chi connectivity index (χ1v) is 11.1. The van der Waals surface area contributed by atoms with Gasteiger partial charge >= 0.3 is 0 Å². The van der Waals surface area contributed by atoms with Crippen LogP contribution in [0.3, 0.4) is 0 Å². The van der Waals surface area contributed by atoms with Crippen LogP contribution in [0.2, 0.25) is 0 Å². The van der Waals surface area contributed by atoms with E-state index in [4.69, 9.17) is 9.73 Å². The first-order valence-electron chi connectivity index (χ1n) is 11.1. The molecule has 2 N–H and O–H groups in total. The third kappa shape index (κ3) is 6.57. The highest BCUT2D eigenvalue weighted by atomic mass is 127. The number of hydrogen-bond donors (Lipinski definition) is 2. The van der Waals surface area contributed by atoms with Crippen LogP contribution in [0.4, 0.5) is 0 Å². The maximum absolute atomic E-state index is 11.7. The van der Waals surface area contributed by atoms with E-state index >= 15 is 0 Å². The fourth-order valence-electron chi connectivity index (χ4n) is 4.43. The Balaban J connectivity index is 0.00000320. The van der Waals surface area contributed by atoms with Gasteiger partial charge in [0.1, 0.15) is 0 Å². The van der Waals surface area contributed by atoms with E-state index in [9.17, 15) is 4.79 Å². The second-order valence-corrected chi connectivity index (χ2v) is 8.17. The van der Waals surface area contributed by atoms with E-state index in [0.717, 1.165) is 77.6 Å². The number of likely N-dealkylation sites (tertiary alicyclic amines) is 1. The van der Waals surface area contributed by atoms with Crippen LogP contribution in [0, 0.1) is 6.92 Å². The molecule has 0 aliphatic carbocycles. The van der Waals surface area contributed by atoms with Crippen molar-refractivity contribution >= 4 is 35.8 Å². The summed E-state index contributed by atoms with van der Waals surface area (Å²) in [6, 6.07) is 8.68. The number of rotatable bonds is 8. The number of ether oxygens (including phenoxy) is 1. The number of aryl methyl sites for hydroxylation is 1. The van der Waals surface area contributed by atoms with Crippen LogP contribution in [0.5, 0.6) is 0 Å². The molecule has 6 nitrogen and oxygen atoms in total. The Hall–Kier alpha value is -1.35. The second kappa shape index (κ2) is 12.5. The first-order chi connectivity index (χ1) is 14.1. The van der Waals surface area contributed by atoms with Gasteiger partial charge in [0.05, 0.1) is 6.54 Å². The van der Waals surface area contributed by atoms with Crippen molar-refractivity contribution in [2.75, 3.05) is 45.9 Å². The van der Waals surface area contributed by atoms with Crippen LogP contribution in [0.1, 0.15) is 50.2 Å². The van der Waals surface area contributed by atoms with Crippen LogP contribution >= 0.6 is 24.0 Å². The zero-order valence-electron chi connectivity index (χ0n) is 18.4. The number of nitrogens with one attached hydrogen (secondary N) is 2. The van der Waals surface area contributed by atoms with Crippen molar-refractivity contribution in [2.45, 2.75) is 51.4 Å². The van der Waals surface area contributed by atoms with Gasteiger partial charge in [-0.05, 0) is 50.7 Å². The maximum atomic E-state index is 11.7. The summed E-state index contributed by atoms with van der Waals surface area (Å²) in [5.74, 6) is 1.16. The summed E-state index contributed by atoms with van der Waals surface area (Å²) in [7, 11) is 0. The fraction of sp³-hybridized carbons (Fsp3) is 0.652. The number of guanidine groups is 1. The molecule has 0 atom stereocenters. The maximum Gasteiger partial charge on any atom is 0.222 e. The molecular weight excluding hydrogens is 491 g/mol. The minimum atomic E-state index is 0. The van der Waals surface area contributed by atoms with Crippen molar-refractivity contribution in [2.24, 2.45) is 4.99 Å². The van der Waals surface area contributed by atoms with Crippen molar-refractivity contribution in [1.29, 1.82) is 0 Å². The highest BCUT2D eigenvalue weighted by Gasteiger charge is 2.35. The summed E-state index contributed by atoms with van der Waals surface area (Å²) in [5, 5.41) is 6.82. The highest BCUT2D eigenvalue weighted by molar-refractivity contribution is 14.0. The Bertz CT molecular complexity index is 704. The Kier molecular flexibility index (Phi) is 10.4. The molecule has 1 amide bonds. The third-order valence-electron chi connectivity index (χ3n) is 6.12. The topological polar surface area (TPSA) is 66.0 Å². The van der Waals surface area contributed by atoms with Gasteiger partial charge in [-0.1, -0.05) is 24.3 Å². The van der Waals surface area contributed by atoms with Crippen LogP contribution in [-0.2, 0) is 14.9 Å². The quantitative estimate of drug-likeness (QED) is 0.236. The molecule has 2 aliphatic heterocycles. The van der Waals surface area contributed by atoms with E-state index < -0.39 is 0 Å². The summed E-state index contributed by atoms with van der Waals surface area (Å²) in [4.78, 5) is 18.7. The molecule has 30 heavy (non-hydrogen) atoms. The molecular formula is C23H37IN4O2. The number of aliphatic imine (C=N–C) groups is 1. The monoisotopic (exact) mass is 528 g/mol. The van der Waals surface area contributed by atoms with Gasteiger partial charge in [0.15, 0.2) is 5.96 Å². The average molecular weight is 528 g/mol. The summed E-state index contributed by atoms with van der Waals surface area (Å²) < 4.78 is 5.67. The van der Waals surface area contributed by atoms with Crippen molar-refractivity contribution in [3.63, 3.8) is 0 Å². The molecule has 0 radical (unpaired) electrons. The molecule has 0 bridgehead atoms. The Morgan fingerprint density at radius 1 is 1.23 bits per heavy atom. The Labute approximate surface area is 198 Å². The van der Waals surface area contributed by atoms with E-state index in [0.29, 0.717) is 12.3 Å². The van der Waals surface area contributed by atoms with Crippen LogP contribution in [0.25, 0.3) is 0 Å². The highest BCUT2D eigenvalue weighted by Crippen LogP contribution is 2.37. The summed E-state index contributed by atoms with van der Waals surface area (Å²) in [5.41, 5.74) is 2.77. The number of carbonyl (C=O) groups is 1. The lowest BCUT2D eigenvalue weighted by Gasteiger charge is -2.37. The predicted octanol–water partition coefficient (Wildman–Crippen LogP) is 3.23. The van der Waals surface area contributed by atoms with Gasteiger partial charge in [0, 0.05) is 51.2 Å². The molecule has 3 rings (SSSR count). The molecule has 2 fully saturated rings. The van der Waals surface area contributed by atoms with E-state index in [1.54, 1.807) is 0 Å². The summed E-state index contributed by atoms with van der Waals surface area (Å²) >= 11 is 0. The summed E-state index contributed by atoms with van der Waals surface area (Å²) in [6.07, 6.45) is 4.64. The number of hydrogen-bond acceptors (Lipinski definition) is 3. The molecule has 0 spiro atoms. The molecule has 7 heteroatoms. The zero-order chi connectivity index (χ0) is 20.5. The van der Waals surface area contributed by atoms with Crippen molar-refractivity contribution < 1.29 is 9.53 Å².